The van der Waals surface area contributed by atoms with Crippen LogP contribution in [0, 0.1) is 0 Å². The highest BCUT2D eigenvalue weighted by Crippen LogP contribution is 2.14. The molecule has 0 aliphatic carbocycles. The van der Waals surface area contributed by atoms with E-state index in [1.165, 1.54) is 11.1 Å². The molecule has 2 N–H and O–H groups in total. The van der Waals surface area contributed by atoms with E-state index in [1.807, 2.05) is 26.8 Å². The fraction of sp³-hybridized carbons (Fsp3) is 0.500. The standard InChI is InChI=1S/C10H17NS.C2H6/c1-3-5-10(6-7-11)9(4-2)8-12;1-2/h3-5,12H,1,6-8,11H2,2H3;1-2H3/b9-4-,10-5-;. The van der Waals surface area contributed by atoms with Crippen LogP contribution in [0.3, 0.4) is 0 Å². The molecule has 0 heterocycles. The molecule has 2 heteroatoms. The first-order valence-electron chi connectivity index (χ1n) is 5.08. The van der Waals surface area contributed by atoms with Crippen LogP contribution in [0.1, 0.15) is 27.2 Å². The summed E-state index contributed by atoms with van der Waals surface area (Å²) in [7, 11) is 0. The highest BCUT2D eigenvalue weighted by Gasteiger charge is 1.99. The molecule has 0 unspecified atom stereocenters. The predicted molar refractivity (Wildman–Crippen MR) is 70.9 cm³/mol. The Kier molecular flexibility index (Phi) is 14.3. The van der Waals surface area contributed by atoms with Crippen molar-refractivity contribution in [2.75, 3.05) is 12.3 Å². The van der Waals surface area contributed by atoms with Crippen molar-refractivity contribution in [1.82, 2.24) is 0 Å². The summed E-state index contributed by atoms with van der Waals surface area (Å²) in [5.74, 6) is 0.760. The van der Waals surface area contributed by atoms with Crippen molar-refractivity contribution in [2.24, 2.45) is 5.73 Å². The Morgan fingerprint density at radius 3 is 2.21 bits per heavy atom. The van der Waals surface area contributed by atoms with Crippen LogP contribution in [0.2, 0.25) is 0 Å². The Morgan fingerprint density at radius 2 is 1.93 bits per heavy atom. The van der Waals surface area contributed by atoms with E-state index in [0.717, 1.165) is 12.2 Å². The van der Waals surface area contributed by atoms with Gasteiger partial charge in [0.05, 0.1) is 0 Å². The van der Waals surface area contributed by atoms with Crippen LogP contribution >= 0.6 is 12.6 Å². The predicted octanol–water partition coefficient (Wildman–Crippen LogP) is 3.35. The number of allylic oxidation sites excluding steroid dienone is 3. The summed E-state index contributed by atoms with van der Waals surface area (Å²) in [5, 5.41) is 0. The summed E-state index contributed by atoms with van der Waals surface area (Å²) in [6, 6.07) is 0. The molecular formula is C12H23NS. The Balaban J connectivity index is 0. The van der Waals surface area contributed by atoms with Gasteiger partial charge in [-0.1, -0.05) is 38.7 Å². The lowest BCUT2D eigenvalue weighted by atomic mass is 10.0. The molecule has 0 aromatic rings. The van der Waals surface area contributed by atoms with E-state index in [2.05, 4.69) is 25.3 Å². The summed E-state index contributed by atoms with van der Waals surface area (Å²) in [6.45, 7) is 10.3. The van der Waals surface area contributed by atoms with Gasteiger partial charge in [-0.25, -0.2) is 0 Å². The lowest BCUT2D eigenvalue weighted by molar-refractivity contribution is 0.957. The van der Waals surface area contributed by atoms with E-state index in [9.17, 15) is 0 Å². The molecule has 0 aliphatic heterocycles. The molecule has 0 amide bonds. The fourth-order valence-corrected chi connectivity index (χ4v) is 1.41. The van der Waals surface area contributed by atoms with E-state index in [4.69, 9.17) is 5.73 Å². The lowest BCUT2D eigenvalue weighted by Crippen LogP contribution is -2.02. The van der Waals surface area contributed by atoms with E-state index < -0.39 is 0 Å². The molecule has 0 fully saturated rings. The van der Waals surface area contributed by atoms with Gasteiger partial charge in [-0.2, -0.15) is 12.6 Å². The Labute approximate surface area is 94.2 Å². The third-order valence-electron chi connectivity index (χ3n) is 1.66. The van der Waals surface area contributed by atoms with Crippen LogP contribution in [0.15, 0.2) is 36.0 Å². The first-order chi connectivity index (χ1) is 6.79. The van der Waals surface area contributed by atoms with Crippen LogP contribution in [-0.4, -0.2) is 12.3 Å². The third-order valence-corrected chi connectivity index (χ3v) is 2.00. The summed E-state index contributed by atoms with van der Waals surface area (Å²) in [4.78, 5) is 0. The largest absolute Gasteiger partial charge is 0.330 e. The van der Waals surface area contributed by atoms with Gasteiger partial charge in [0.15, 0.2) is 0 Å². The normalized spacial score (nSPS) is 11.8. The monoisotopic (exact) mass is 213 g/mol. The SMILES string of the molecule is C=C/C=C(CCN)\C(=C/C)CS.CC. The van der Waals surface area contributed by atoms with Crippen LogP contribution in [0.4, 0.5) is 0 Å². The van der Waals surface area contributed by atoms with Crippen molar-refractivity contribution in [3.8, 4) is 0 Å². The molecule has 0 aromatic heterocycles. The van der Waals surface area contributed by atoms with Gasteiger partial charge in [-0.15, -0.1) is 0 Å². The zero-order valence-electron chi connectivity index (χ0n) is 9.59. The van der Waals surface area contributed by atoms with Crippen LogP contribution in [-0.2, 0) is 0 Å². The molecule has 0 atom stereocenters. The summed E-state index contributed by atoms with van der Waals surface area (Å²) < 4.78 is 0. The second-order valence-electron chi connectivity index (χ2n) is 2.44. The topological polar surface area (TPSA) is 26.0 Å². The molecule has 0 radical (unpaired) electrons. The van der Waals surface area contributed by atoms with E-state index in [0.29, 0.717) is 6.54 Å². The van der Waals surface area contributed by atoms with Crippen LogP contribution < -0.4 is 5.73 Å². The first kappa shape index (κ1) is 16.0. The number of nitrogens with two attached hydrogens (primary N) is 1. The maximum atomic E-state index is 5.48. The molecule has 82 valence electrons. The van der Waals surface area contributed by atoms with Crippen molar-refractivity contribution in [2.45, 2.75) is 27.2 Å². The number of thiol groups is 1. The average molecular weight is 213 g/mol. The maximum Gasteiger partial charge on any atom is 0.0153 e. The van der Waals surface area contributed by atoms with Crippen molar-refractivity contribution in [3.05, 3.63) is 36.0 Å². The molecule has 0 saturated carbocycles. The first-order valence-corrected chi connectivity index (χ1v) is 5.71. The fourth-order valence-electron chi connectivity index (χ4n) is 1.03. The molecule has 0 saturated heterocycles. The van der Waals surface area contributed by atoms with Gasteiger partial charge in [0, 0.05) is 5.75 Å². The lowest BCUT2D eigenvalue weighted by Gasteiger charge is -2.07. The van der Waals surface area contributed by atoms with E-state index in [-0.39, 0.29) is 0 Å². The van der Waals surface area contributed by atoms with Crippen molar-refractivity contribution in [1.29, 1.82) is 0 Å². The molecule has 1 nitrogen and oxygen atoms in total. The van der Waals surface area contributed by atoms with Crippen LogP contribution in [0.5, 0.6) is 0 Å². The second-order valence-corrected chi connectivity index (χ2v) is 2.75. The second kappa shape index (κ2) is 12.5. The average Bonchev–Trinajstić information content (AvgIpc) is 2.23. The van der Waals surface area contributed by atoms with Crippen molar-refractivity contribution >= 4 is 12.6 Å². The molecule has 0 bridgehead atoms. The van der Waals surface area contributed by atoms with Crippen molar-refractivity contribution in [3.63, 3.8) is 0 Å². The number of hydrogen-bond donors (Lipinski definition) is 2. The van der Waals surface area contributed by atoms with Crippen molar-refractivity contribution < 1.29 is 0 Å². The zero-order chi connectivity index (χ0) is 11.4. The Bertz CT molecular complexity index is 192. The Morgan fingerprint density at radius 1 is 1.36 bits per heavy atom. The number of rotatable bonds is 5. The molecular weight excluding hydrogens is 190 g/mol. The van der Waals surface area contributed by atoms with Gasteiger partial charge in [-0.05, 0) is 31.0 Å². The molecule has 14 heavy (non-hydrogen) atoms. The van der Waals surface area contributed by atoms with Gasteiger partial charge in [0.2, 0.25) is 0 Å². The van der Waals surface area contributed by atoms with Gasteiger partial charge in [0.25, 0.3) is 0 Å². The minimum absolute atomic E-state index is 0.671. The molecule has 0 aliphatic rings. The van der Waals surface area contributed by atoms with Crippen LogP contribution in [0.25, 0.3) is 0 Å². The molecule has 0 rings (SSSR count). The van der Waals surface area contributed by atoms with Gasteiger partial charge < -0.3 is 5.73 Å². The number of hydrogen-bond acceptors (Lipinski definition) is 2. The minimum Gasteiger partial charge on any atom is -0.330 e. The highest BCUT2D eigenvalue weighted by molar-refractivity contribution is 7.80. The zero-order valence-corrected chi connectivity index (χ0v) is 10.5. The summed E-state index contributed by atoms with van der Waals surface area (Å²) >= 11 is 4.24. The summed E-state index contributed by atoms with van der Waals surface area (Å²) in [5.41, 5.74) is 7.96. The van der Waals surface area contributed by atoms with E-state index in [1.54, 1.807) is 6.08 Å². The molecule has 0 aromatic carbocycles. The Hall–Kier alpha value is -0.470. The maximum absolute atomic E-state index is 5.48. The smallest absolute Gasteiger partial charge is 0.0153 e. The summed E-state index contributed by atoms with van der Waals surface area (Å²) in [6.07, 6.45) is 6.75. The van der Waals surface area contributed by atoms with Gasteiger partial charge in [0.1, 0.15) is 0 Å². The quantitative estimate of drug-likeness (QED) is 0.531. The van der Waals surface area contributed by atoms with Gasteiger partial charge >= 0.3 is 0 Å². The molecule has 0 spiro atoms. The highest BCUT2D eigenvalue weighted by atomic mass is 32.1. The minimum atomic E-state index is 0.671. The van der Waals surface area contributed by atoms with Gasteiger partial charge in [-0.3, -0.25) is 0 Å². The van der Waals surface area contributed by atoms with E-state index >= 15 is 0 Å². The third kappa shape index (κ3) is 6.98.